The van der Waals surface area contributed by atoms with Crippen molar-refractivity contribution in [2.45, 2.75) is 33.4 Å². The minimum Gasteiger partial charge on any atom is -0.361 e. The molecule has 0 saturated carbocycles. The van der Waals surface area contributed by atoms with E-state index >= 15 is 0 Å². The number of benzene rings is 2. The van der Waals surface area contributed by atoms with Gasteiger partial charge in [0, 0.05) is 35.5 Å². The molecular formula is C22H27N3O2. The van der Waals surface area contributed by atoms with E-state index in [0.29, 0.717) is 24.6 Å². The number of rotatable bonds is 7. The number of nitrogens with zero attached hydrogens (tertiary/aromatic N) is 1. The largest absolute Gasteiger partial charge is 0.361 e. The molecule has 3 rings (SSSR count). The standard InChI is InChI=1S/C22H27N3O2/c1-4-13-23-21(26)16-9-11-17(12-10-16)24-20-18-7-5-6-8-19(18)22(27)25(20)14-15(2)3/h5-12,15,20,24H,4,13-14H2,1-3H3,(H,23,26). The molecule has 0 radical (unpaired) electrons. The van der Waals surface area contributed by atoms with Gasteiger partial charge in [-0.2, -0.15) is 0 Å². The van der Waals surface area contributed by atoms with Gasteiger partial charge in [-0.25, -0.2) is 0 Å². The summed E-state index contributed by atoms with van der Waals surface area (Å²) in [6, 6.07) is 15.1. The fourth-order valence-electron chi connectivity index (χ4n) is 3.32. The summed E-state index contributed by atoms with van der Waals surface area (Å²) in [6.45, 7) is 7.59. The summed E-state index contributed by atoms with van der Waals surface area (Å²) < 4.78 is 0. The molecule has 2 aromatic carbocycles. The zero-order valence-corrected chi connectivity index (χ0v) is 16.2. The van der Waals surface area contributed by atoms with Gasteiger partial charge in [-0.05, 0) is 42.7 Å². The molecule has 2 aromatic rings. The number of fused-ring (bicyclic) bond motifs is 1. The fraction of sp³-hybridized carbons (Fsp3) is 0.364. The van der Waals surface area contributed by atoms with Gasteiger partial charge >= 0.3 is 0 Å². The molecule has 1 unspecified atom stereocenters. The predicted molar refractivity (Wildman–Crippen MR) is 108 cm³/mol. The number of hydrogen-bond donors (Lipinski definition) is 2. The molecule has 1 aliphatic heterocycles. The summed E-state index contributed by atoms with van der Waals surface area (Å²) in [7, 11) is 0. The molecule has 0 saturated heterocycles. The van der Waals surface area contributed by atoms with Gasteiger partial charge in [-0.1, -0.05) is 39.0 Å². The van der Waals surface area contributed by atoms with Crippen LogP contribution >= 0.6 is 0 Å². The monoisotopic (exact) mass is 365 g/mol. The molecule has 5 nitrogen and oxygen atoms in total. The van der Waals surface area contributed by atoms with Crippen molar-refractivity contribution in [1.29, 1.82) is 0 Å². The van der Waals surface area contributed by atoms with Gasteiger partial charge < -0.3 is 15.5 Å². The van der Waals surface area contributed by atoms with Crippen molar-refractivity contribution in [2.75, 3.05) is 18.4 Å². The lowest BCUT2D eigenvalue weighted by Crippen LogP contribution is -2.35. The van der Waals surface area contributed by atoms with E-state index in [2.05, 4.69) is 24.5 Å². The maximum atomic E-state index is 12.8. The molecule has 1 atom stereocenters. The van der Waals surface area contributed by atoms with Gasteiger partial charge in [0.05, 0.1) is 0 Å². The van der Waals surface area contributed by atoms with Crippen LogP contribution < -0.4 is 10.6 Å². The van der Waals surface area contributed by atoms with E-state index in [1.807, 2.05) is 60.4 Å². The predicted octanol–water partition coefficient (Wildman–Crippen LogP) is 4.05. The van der Waals surface area contributed by atoms with E-state index in [9.17, 15) is 9.59 Å². The van der Waals surface area contributed by atoms with Gasteiger partial charge in [0.2, 0.25) is 0 Å². The van der Waals surface area contributed by atoms with Crippen molar-refractivity contribution >= 4 is 17.5 Å². The average Bonchev–Trinajstić information content (AvgIpc) is 2.92. The molecule has 5 heteroatoms. The molecular weight excluding hydrogens is 338 g/mol. The number of hydrogen-bond acceptors (Lipinski definition) is 3. The molecule has 0 fully saturated rings. The average molecular weight is 365 g/mol. The van der Waals surface area contributed by atoms with Crippen molar-refractivity contribution in [2.24, 2.45) is 5.92 Å². The Bertz CT molecular complexity index is 815. The molecule has 27 heavy (non-hydrogen) atoms. The maximum absolute atomic E-state index is 12.8. The SMILES string of the molecule is CCCNC(=O)c1ccc(NC2c3ccccc3C(=O)N2CC(C)C)cc1. The second-order valence-corrected chi connectivity index (χ2v) is 7.32. The third kappa shape index (κ3) is 4.13. The second kappa shape index (κ2) is 8.25. The molecule has 0 bridgehead atoms. The van der Waals surface area contributed by atoms with Crippen molar-refractivity contribution in [3.05, 3.63) is 65.2 Å². The van der Waals surface area contributed by atoms with E-state index in [-0.39, 0.29) is 18.0 Å². The number of amides is 2. The van der Waals surface area contributed by atoms with Crippen LogP contribution in [0.25, 0.3) is 0 Å². The first-order valence-corrected chi connectivity index (χ1v) is 9.56. The van der Waals surface area contributed by atoms with Gasteiger partial charge in [0.15, 0.2) is 0 Å². The molecule has 2 N–H and O–H groups in total. The molecule has 0 aromatic heterocycles. The van der Waals surface area contributed by atoms with Crippen molar-refractivity contribution in [3.8, 4) is 0 Å². The third-order valence-corrected chi connectivity index (χ3v) is 4.61. The van der Waals surface area contributed by atoms with Crippen LogP contribution in [0.15, 0.2) is 48.5 Å². The van der Waals surface area contributed by atoms with Crippen LogP contribution in [-0.2, 0) is 0 Å². The highest BCUT2D eigenvalue weighted by Crippen LogP contribution is 2.34. The minimum atomic E-state index is -0.198. The first kappa shape index (κ1) is 19.0. The number of carbonyl (C=O) groups excluding carboxylic acids is 2. The Labute approximate surface area is 160 Å². The van der Waals surface area contributed by atoms with Crippen LogP contribution in [0.2, 0.25) is 0 Å². The van der Waals surface area contributed by atoms with Crippen LogP contribution in [-0.4, -0.2) is 29.8 Å². The normalized spacial score (nSPS) is 15.8. The molecule has 0 spiro atoms. The first-order valence-electron chi connectivity index (χ1n) is 9.56. The fourth-order valence-corrected chi connectivity index (χ4v) is 3.32. The number of anilines is 1. The van der Waals surface area contributed by atoms with E-state index in [4.69, 9.17) is 0 Å². The highest BCUT2D eigenvalue weighted by atomic mass is 16.2. The molecule has 1 aliphatic rings. The number of carbonyl (C=O) groups is 2. The minimum absolute atomic E-state index is 0.0624. The van der Waals surface area contributed by atoms with Crippen LogP contribution in [0.1, 0.15) is 59.6 Å². The van der Waals surface area contributed by atoms with Gasteiger partial charge in [-0.3, -0.25) is 9.59 Å². The van der Waals surface area contributed by atoms with Gasteiger partial charge in [-0.15, -0.1) is 0 Å². The van der Waals surface area contributed by atoms with Gasteiger partial charge in [0.1, 0.15) is 6.17 Å². The highest BCUT2D eigenvalue weighted by molar-refractivity contribution is 5.99. The van der Waals surface area contributed by atoms with Crippen LogP contribution in [0.3, 0.4) is 0 Å². The summed E-state index contributed by atoms with van der Waals surface area (Å²) in [6.07, 6.45) is 0.711. The van der Waals surface area contributed by atoms with E-state index in [1.54, 1.807) is 0 Å². The Kier molecular flexibility index (Phi) is 5.79. The first-order chi connectivity index (χ1) is 13.0. The van der Waals surface area contributed by atoms with Crippen molar-refractivity contribution in [1.82, 2.24) is 10.2 Å². The molecule has 2 amide bonds. The van der Waals surface area contributed by atoms with Crippen molar-refractivity contribution in [3.63, 3.8) is 0 Å². The number of nitrogens with one attached hydrogen (secondary N) is 2. The maximum Gasteiger partial charge on any atom is 0.256 e. The zero-order valence-electron chi connectivity index (χ0n) is 16.2. The Morgan fingerprint density at radius 3 is 2.48 bits per heavy atom. The summed E-state index contributed by atoms with van der Waals surface area (Å²) in [5.41, 5.74) is 3.26. The lowest BCUT2D eigenvalue weighted by molar-refractivity contribution is 0.0720. The summed E-state index contributed by atoms with van der Waals surface area (Å²) >= 11 is 0. The lowest BCUT2D eigenvalue weighted by atomic mass is 10.1. The summed E-state index contributed by atoms with van der Waals surface area (Å²) in [4.78, 5) is 26.8. The quantitative estimate of drug-likeness (QED) is 0.778. The third-order valence-electron chi connectivity index (χ3n) is 4.61. The zero-order chi connectivity index (χ0) is 19.4. The van der Waals surface area contributed by atoms with E-state index in [1.165, 1.54) is 0 Å². The topological polar surface area (TPSA) is 61.4 Å². The lowest BCUT2D eigenvalue weighted by Gasteiger charge is -2.28. The summed E-state index contributed by atoms with van der Waals surface area (Å²) in [5, 5.41) is 6.34. The molecule has 142 valence electrons. The smallest absolute Gasteiger partial charge is 0.256 e. The summed E-state index contributed by atoms with van der Waals surface area (Å²) in [5.74, 6) is 0.371. The second-order valence-electron chi connectivity index (χ2n) is 7.32. The molecule has 1 heterocycles. The van der Waals surface area contributed by atoms with Crippen LogP contribution in [0.4, 0.5) is 5.69 Å². The van der Waals surface area contributed by atoms with Crippen molar-refractivity contribution < 1.29 is 9.59 Å². The van der Waals surface area contributed by atoms with Crippen LogP contribution in [0.5, 0.6) is 0 Å². The highest BCUT2D eigenvalue weighted by Gasteiger charge is 2.36. The van der Waals surface area contributed by atoms with Gasteiger partial charge in [0.25, 0.3) is 11.8 Å². The Morgan fingerprint density at radius 2 is 1.81 bits per heavy atom. The Balaban J connectivity index is 1.80. The Hall–Kier alpha value is -2.82. The van der Waals surface area contributed by atoms with E-state index in [0.717, 1.165) is 23.2 Å². The molecule has 0 aliphatic carbocycles. The van der Waals surface area contributed by atoms with E-state index < -0.39 is 0 Å². The Morgan fingerprint density at radius 1 is 1.11 bits per heavy atom. The van der Waals surface area contributed by atoms with Crippen LogP contribution in [0, 0.1) is 5.92 Å².